The predicted molar refractivity (Wildman–Crippen MR) is 72.7 cm³/mol. The second kappa shape index (κ2) is 6.43. The summed E-state index contributed by atoms with van der Waals surface area (Å²) in [6.07, 6.45) is 0. The Hall–Kier alpha value is -1.75. The smallest absolute Gasteiger partial charge is 0.329 e. The van der Waals surface area contributed by atoms with Gasteiger partial charge in [0.05, 0.1) is 14.2 Å². The topological polar surface area (TPSA) is 56.8 Å². The van der Waals surface area contributed by atoms with Crippen LogP contribution in [-0.2, 0) is 9.53 Å². The summed E-state index contributed by atoms with van der Waals surface area (Å²) in [6, 6.07) is 5.62. The second-order valence-electron chi connectivity index (χ2n) is 4.52. The standard InChI is InChI=1S/C14H21NO4/c1-10-6-7-11(12(8-10)17-4)19-9-14(2,15-3)13(16)18-5/h6-8,15H,9H2,1-5H3. The van der Waals surface area contributed by atoms with Crippen molar-refractivity contribution in [2.45, 2.75) is 19.4 Å². The third-order valence-corrected chi connectivity index (χ3v) is 3.02. The monoisotopic (exact) mass is 267 g/mol. The minimum Gasteiger partial charge on any atom is -0.493 e. The molecule has 0 spiro atoms. The van der Waals surface area contributed by atoms with Crippen molar-refractivity contribution in [3.05, 3.63) is 23.8 Å². The third kappa shape index (κ3) is 3.61. The lowest BCUT2D eigenvalue weighted by Crippen LogP contribution is -2.52. The van der Waals surface area contributed by atoms with E-state index in [0.717, 1.165) is 5.56 Å². The summed E-state index contributed by atoms with van der Waals surface area (Å²) in [5.74, 6) is 0.864. The minimum atomic E-state index is -0.898. The van der Waals surface area contributed by atoms with Crippen LogP contribution in [0, 0.1) is 6.92 Å². The van der Waals surface area contributed by atoms with Gasteiger partial charge in [0, 0.05) is 0 Å². The lowest BCUT2D eigenvalue weighted by atomic mass is 10.1. The van der Waals surface area contributed by atoms with Crippen LogP contribution in [0.2, 0.25) is 0 Å². The number of carbonyl (C=O) groups excluding carboxylic acids is 1. The van der Waals surface area contributed by atoms with Crippen LogP contribution >= 0.6 is 0 Å². The summed E-state index contributed by atoms with van der Waals surface area (Å²) in [7, 11) is 4.62. The van der Waals surface area contributed by atoms with E-state index in [1.54, 1.807) is 21.1 Å². The van der Waals surface area contributed by atoms with Crippen LogP contribution in [0.25, 0.3) is 0 Å². The van der Waals surface area contributed by atoms with Gasteiger partial charge in [-0.05, 0) is 38.6 Å². The Kier molecular flexibility index (Phi) is 5.18. The van der Waals surface area contributed by atoms with Gasteiger partial charge in [-0.15, -0.1) is 0 Å². The number of esters is 1. The number of ether oxygens (including phenoxy) is 3. The molecule has 5 nitrogen and oxygen atoms in total. The van der Waals surface area contributed by atoms with Crippen molar-refractivity contribution >= 4 is 5.97 Å². The lowest BCUT2D eigenvalue weighted by molar-refractivity contribution is -0.148. The van der Waals surface area contributed by atoms with Crippen LogP contribution in [0.4, 0.5) is 0 Å². The fourth-order valence-electron chi connectivity index (χ4n) is 1.57. The molecule has 19 heavy (non-hydrogen) atoms. The van der Waals surface area contributed by atoms with Gasteiger partial charge < -0.3 is 19.5 Å². The molecule has 0 radical (unpaired) electrons. The Morgan fingerprint density at radius 3 is 2.53 bits per heavy atom. The number of aryl methyl sites for hydroxylation is 1. The van der Waals surface area contributed by atoms with E-state index in [1.807, 2.05) is 25.1 Å². The summed E-state index contributed by atoms with van der Waals surface area (Å²) in [5, 5.41) is 2.91. The summed E-state index contributed by atoms with van der Waals surface area (Å²) in [4.78, 5) is 11.7. The molecule has 5 heteroatoms. The number of hydrogen-bond acceptors (Lipinski definition) is 5. The van der Waals surface area contributed by atoms with Crippen molar-refractivity contribution in [1.82, 2.24) is 5.32 Å². The SMILES string of the molecule is CNC(C)(COc1ccc(C)cc1OC)C(=O)OC. The maximum atomic E-state index is 11.7. The number of nitrogens with one attached hydrogen (secondary N) is 1. The van der Waals surface area contributed by atoms with E-state index in [-0.39, 0.29) is 12.6 Å². The first-order chi connectivity index (χ1) is 8.96. The van der Waals surface area contributed by atoms with Crippen molar-refractivity contribution in [1.29, 1.82) is 0 Å². The number of benzene rings is 1. The highest BCUT2D eigenvalue weighted by Gasteiger charge is 2.33. The summed E-state index contributed by atoms with van der Waals surface area (Å²) >= 11 is 0. The number of likely N-dealkylation sites (N-methyl/N-ethyl adjacent to an activating group) is 1. The molecule has 1 N–H and O–H groups in total. The highest BCUT2D eigenvalue weighted by Crippen LogP contribution is 2.28. The van der Waals surface area contributed by atoms with Crippen LogP contribution < -0.4 is 14.8 Å². The minimum absolute atomic E-state index is 0.148. The Balaban J connectivity index is 2.83. The molecule has 0 aliphatic heterocycles. The summed E-state index contributed by atoms with van der Waals surface area (Å²) in [6.45, 7) is 3.84. The maximum Gasteiger partial charge on any atom is 0.329 e. The van der Waals surface area contributed by atoms with Gasteiger partial charge in [0.1, 0.15) is 12.1 Å². The van der Waals surface area contributed by atoms with Gasteiger partial charge in [0.15, 0.2) is 11.5 Å². The summed E-state index contributed by atoms with van der Waals surface area (Å²) < 4.78 is 15.7. The van der Waals surface area contributed by atoms with Gasteiger partial charge in [0.2, 0.25) is 0 Å². The van der Waals surface area contributed by atoms with Gasteiger partial charge in [-0.2, -0.15) is 0 Å². The molecular weight excluding hydrogens is 246 g/mol. The highest BCUT2D eigenvalue weighted by atomic mass is 16.5. The predicted octanol–water partition coefficient (Wildman–Crippen LogP) is 1.53. The lowest BCUT2D eigenvalue weighted by Gasteiger charge is -2.26. The Labute approximate surface area is 113 Å². The zero-order valence-electron chi connectivity index (χ0n) is 12.1. The average Bonchev–Trinajstić information content (AvgIpc) is 2.44. The van der Waals surface area contributed by atoms with Crippen molar-refractivity contribution in [3.8, 4) is 11.5 Å². The molecule has 0 heterocycles. The van der Waals surface area contributed by atoms with E-state index in [4.69, 9.17) is 14.2 Å². The van der Waals surface area contributed by atoms with Crippen molar-refractivity contribution in [2.24, 2.45) is 0 Å². The van der Waals surface area contributed by atoms with E-state index >= 15 is 0 Å². The Bertz CT molecular complexity index is 447. The maximum absolute atomic E-state index is 11.7. The van der Waals surface area contributed by atoms with Crippen molar-refractivity contribution in [2.75, 3.05) is 27.9 Å². The van der Waals surface area contributed by atoms with E-state index < -0.39 is 5.54 Å². The van der Waals surface area contributed by atoms with Gasteiger partial charge in [0.25, 0.3) is 0 Å². The molecule has 0 saturated carbocycles. The Morgan fingerprint density at radius 1 is 1.32 bits per heavy atom. The van der Waals surface area contributed by atoms with Crippen LogP contribution in [0.5, 0.6) is 11.5 Å². The molecule has 0 saturated heterocycles. The molecule has 1 unspecified atom stereocenters. The first-order valence-electron chi connectivity index (χ1n) is 6.01. The molecule has 106 valence electrons. The van der Waals surface area contributed by atoms with Gasteiger partial charge >= 0.3 is 5.97 Å². The first kappa shape index (κ1) is 15.3. The van der Waals surface area contributed by atoms with E-state index in [2.05, 4.69) is 5.32 Å². The van der Waals surface area contributed by atoms with Gasteiger partial charge in [-0.1, -0.05) is 6.07 Å². The molecule has 0 aromatic heterocycles. The molecule has 1 aromatic carbocycles. The number of hydrogen-bond donors (Lipinski definition) is 1. The average molecular weight is 267 g/mol. The third-order valence-electron chi connectivity index (χ3n) is 3.02. The largest absolute Gasteiger partial charge is 0.493 e. The highest BCUT2D eigenvalue weighted by molar-refractivity contribution is 5.80. The van der Waals surface area contributed by atoms with Crippen molar-refractivity contribution in [3.63, 3.8) is 0 Å². The molecule has 0 aliphatic carbocycles. The zero-order valence-corrected chi connectivity index (χ0v) is 12.1. The molecule has 1 atom stereocenters. The molecule has 0 aliphatic rings. The normalized spacial score (nSPS) is 13.5. The number of methoxy groups -OCH3 is 2. The van der Waals surface area contributed by atoms with E-state index in [0.29, 0.717) is 11.5 Å². The zero-order chi connectivity index (χ0) is 14.5. The van der Waals surface area contributed by atoms with Crippen LogP contribution in [0.3, 0.4) is 0 Å². The van der Waals surface area contributed by atoms with Crippen LogP contribution in [0.15, 0.2) is 18.2 Å². The van der Waals surface area contributed by atoms with Crippen molar-refractivity contribution < 1.29 is 19.0 Å². The molecule has 0 fully saturated rings. The summed E-state index contributed by atoms with van der Waals surface area (Å²) in [5.41, 5.74) is 0.179. The molecule has 0 bridgehead atoms. The fourth-order valence-corrected chi connectivity index (χ4v) is 1.57. The quantitative estimate of drug-likeness (QED) is 0.792. The number of carbonyl (C=O) groups is 1. The van der Waals surface area contributed by atoms with Gasteiger partial charge in [-0.25, -0.2) is 4.79 Å². The first-order valence-corrected chi connectivity index (χ1v) is 6.01. The van der Waals surface area contributed by atoms with E-state index in [9.17, 15) is 4.79 Å². The fraction of sp³-hybridized carbons (Fsp3) is 0.500. The van der Waals surface area contributed by atoms with Crippen LogP contribution in [-0.4, -0.2) is 39.4 Å². The number of rotatable bonds is 6. The van der Waals surface area contributed by atoms with Crippen LogP contribution in [0.1, 0.15) is 12.5 Å². The van der Waals surface area contributed by atoms with E-state index in [1.165, 1.54) is 7.11 Å². The molecular formula is C14H21NO4. The molecule has 1 aromatic rings. The Morgan fingerprint density at radius 2 is 2.00 bits per heavy atom. The molecule has 0 amide bonds. The van der Waals surface area contributed by atoms with Gasteiger partial charge in [-0.3, -0.25) is 0 Å². The molecule has 1 rings (SSSR count). The second-order valence-corrected chi connectivity index (χ2v) is 4.52.